The van der Waals surface area contributed by atoms with Gasteiger partial charge in [-0.25, -0.2) is 4.98 Å². The summed E-state index contributed by atoms with van der Waals surface area (Å²) in [7, 11) is 0. The van der Waals surface area contributed by atoms with Crippen LogP contribution in [0.25, 0.3) is 0 Å². The van der Waals surface area contributed by atoms with Crippen LogP contribution >= 0.6 is 11.3 Å². The van der Waals surface area contributed by atoms with Gasteiger partial charge in [-0.15, -0.1) is 11.3 Å². The third-order valence-electron chi connectivity index (χ3n) is 2.96. The molecule has 1 amide bonds. The summed E-state index contributed by atoms with van der Waals surface area (Å²) in [6.07, 6.45) is 1.49. The molecule has 0 aromatic carbocycles. The standard InChI is InChI=1S/C14H17N3OS/c1-8-6-12(10(3)19-8)9(2)17-13-5-4-11(7-16-13)14(15)18/h4-7,9H,1-3H3,(H2,15,18)(H,16,17). The van der Waals surface area contributed by atoms with Gasteiger partial charge in [-0.3, -0.25) is 4.79 Å². The number of pyridine rings is 1. The Balaban J connectivity index is 2.12. The summed E-state index contributed by atoms with van der Waals surface area (Å²) in [5.41, 5.74) is 6.88. The minimum atomic E-state index is -0.462. The highest BCUT2D eigenvalue weighted by molar-refractivity contribution is 7.12. The fourth-order valence-corrected chi connectivity index (χ4v) is 3.03. The average molecular weight is 275 g/mol. The number of carbonyl (C=O) groups is 1. The third kappa shape index (κ3) is 3.12. The number of hydrogen-bond acceptors (Lipinski definition) is 4. The van der Waals surface area contributed by atoms with Gasteiger partial charge >= 0.3 is 0 Å². The van der Waals surface area contributed by atoms with Crippen LogP contribution < -0.4 is 11.1 Å². The number of aromatic nitrogens is 1. The number of anilines is 1. The summed E-state index contributed by atoms with van der Waals surface area (Å²) in [6.45, 7) is 6.32. The Hall–Kier alpha value is -1.88. The molecule has 3 N–H and O–H groups in total. The SMILES string of the molecule is Cc1cc(C(C)Nc2ccc(C(N)=O)cn2)c(C)s1. The van der Waals surface area contributed by atoms with E-state index in [9.17, 15) is 4.79 Å². The first-order valence-electron chi connectivity index (χ1n) is 6.06. The van der Waals surface area contributed by atoms with Crippen LogP contribution in [0.15, 0.2) is 24.4 Å². The van der Waals surface area contributed by atoms with Crippen molar-refractivity contribution in [2.24, 2.45) is 5.73 Å². The van der Waals surface area contributed by atoms with E-state index in [1.165, 1.54) is 21.5 Å². The highest BCUT2D eigenvalue weighted by Crippen LogP contribution is 2.28. The van der Waals surface area contributed by atoms with E-state index in [2.05, 4.69) is 37.1 Å². The van der Waals surface area contributed by atoms with Crippen LogP contribution in [0.4, 0.5) is 5.82 Å². The van der Waals surface area contributed by atoms with Gasteiger partial charge in [-0.2, -0.15) is 0 Å². The second-order valence-electron chi connectivity index (χ2n) is 4.53. The number of nitrogens with one attached hydrogen (secondary N) is 1. The predicted octanol–water partition coefficient (Wildman–Crippen LogP) is 3.03. The van der Waals surface area contributed by atoms with Crippen molar-refractivity contribution < 1.29 is 4.79 Å². The largest absolute Gasteiger partial charge is 0.366 e. The van der Waals surface area contributed by atoms with Crippen LogP contribution in [0.2, 0.25) is 0 Å². The van der Waals surface area contributed by atoms with E-state index in [-0.39, 0.29) is 6.04 Å². The normalized spacial score (nSPS) is 12.2. The van der Waals surface area contributed by atoms with Gasteiger partial charge in [0, 0.05) is 16.0 Å². The summed E-state index contributed by atoms with van der Waals surface area (Å²) in [6, 6.07) is 5.81. The van der Waals surface area contributed by atoms with Crippen LogP contribution in [-0.2, 0) is 0 Å². The van der Waals surface area contributed by atoms with Crippen LogP contribution in [0.5, 0.6) is 0 Å². The number of primary amides is 1. The van der Waals surface area contributed by atoms with Crippen LogP contribution in [0, 0.1) is 13.8 Å². The van der Waals surface area contributed by atoms with E-state index in [1.807, 2.05) is 0 Å². The van der Waals surface area contributed by atoms with Crippen molar-refractivity contribution in [3.8, 4) is 0 Å². The van der Waals surface area contributed by atoms with Crippen LogP contribution in [0.1, 0.15) is 38.6 Å². The number of nitrogens with two attached hydrogens (primary N) is 1. The molecule has 2 aromatic heterocycles. The van der Waals surface area contributed by atoms with Crippen molar-refractivity contribution >= 4 is 23.1 Å². The van der Waals surface area contributed by atoms with Gasteiger partial charge in [0.25, 0.3) is 0 Å². The lowest BCUT2D eigenvalue weighted by atomic mass is 10.1. The smallest absolute Gasteiger partial charge is 0.250 e. The van der Waals surface area contributed by atoms with E-state index < -0.39 is 5.91 Å². The molecular formula is C14H17N3OS. The molecule has 19 heavy (non-hydrogen) atoms. The lowest BCUT2D eigenvalue weighted by Gasteiger charge is -2.14. The number of thiophene rings is 1. The summed E-state index contributed by atoms with van der Waals surface area (Å²) in [5.74, 6) is 0.275. The maximum Gasteiger partial charge on any atom is 0.250 e. The van der Waals surface area contributed by atoms with E-state index in [4.69, 9.17) is 5.73 Å². The zero-order valence-corrected chi connectivity index (χ0v) is 12.0. The van der Waals surface area contributed by atoms with Gasteiger partial charge in [0.1, 0.15) is 5.82 Å². The molecule has 0 saturated carbocycles. The molecule has 1 atom stereocenters. The average Bonchev–Trinajstić information content (AvgIpc) is 2.69. The van der Waals surface area contributed by atoms with Crippen LogP contribution in [0.3, 0.4) is 0 Å². The van der Waals surface area contributed by atoms with Crippen molar-refractivity contribution in [1.29, 1.82) is 0 Å². The lowest BCUT2D eigenvalue weighted by Crippen LogP contribution is -2.12. The monoisotopic (exact) mass is 275 g/mol. The third-order valence-corrected chi connectivity index (χ3v) is 3.94. The van der Waals surface area contributed by atoms with Gasteiger partial charge in [0.2, 0.25) is 5.91 Å². The van der Waals surface area contributed by atoms with Gasteiger partial charge in [0.05, 0.1) is 11.6 Å². The fourth-order valence-electron chi connectivity index (χ4n) is 2.00. The second kappa shape index (κ2) is 5.40. The quantitative estimate of drug-likeness (QED) is 0.901. The van der Waals surface area contributed by atoms with Crippen molar-refractivity contribution in [1.82, 2.24) is 4.98 Å². The molecule has 0 aliphatic rings. The maximum atomic E-state index is 11.0. The number of rotatable bonds is 4. The first kappa shape index (κ1) is 13.5. The van der Waals surface area contributed by atoms with Crippen molar-refractivity contribution in [2.45, 2.75) is 26.8 Å². The molecule has 0 aliphatic heterocycles. The first-order valence-corrected chi connectivity index (χ1v) is 6.88. The lowest BCUT2D eigenvalue weighted by molar-refractivity contribution is 0.1000. The number of hydrogen-bond donors (Lipinski definition) is 2. The molecule has 0 bridgehead atoms. The molecule has 0 fully saturated rings. The van der Waals surface area contributed by atoms with Crippen molar-refractivity contribution in [3.63, 3.8) is 0 Å². The molecule has 0 spiro atoms. The Morgan fingerprint density at radius 2 is 2.16 bits per heavy atom. The van der Waals surface area contributed by atoms with Gasteiger partial charge in [0.15, 0.2) is 0 Å². The highest BCUT2D eigenvalue weighted by Gasteiger charge is 2.11. The Morgan fingerprint density at radius 3 is 2.63 bits per heavy atom. The molecule has 0 aliphatic carbocycles. The second-order valence-corrected chi connectivity index (χ2v) is 5.99. The van der Waals surface area contributed by atoms with E-state index in [1.54, 1.807) is 23.5 Å². The molecule has 0 saturated heterocycles. The summed E-state index contributed by atoms with van der Waals surface area (Å²) >= 11 is 1.79. The van der Waals surface area contributed by atoms with E-state index in [0.717, 1.165) is 5.82 Å². The number of aryl methyl sites for hydroxylation is 2. The van der Waals surface area contributed by atoms with Crippen LogP contribution in [-0.4, -0.2) is 10.9 Å². The number of carbonyl (C=O) groups excluding carboxylic acids is 1. The molecule has 5 heteroatoms. The molecule has 4 nitrogen and oxygen atoms in total. The summed E-state index contributed by atoms with van der Waals surface area (Å²) in [5, 5.41) is 3.32. The topological polar surface area (TPSA) is 68.0 Å². The number of nitrogens with zero attached hydrogens (tertiary/aromatic N) is 1. The molecular weight excluding hydrogens is 258 g/mol. The molecule has 1 unspecified atom stereocenters. The molecule has 2 heterocycles. The minimum absolute atomic E-state index is 0.178. The molecule has 2 rings (SSSR count). The Labute approximate surface area is 116 Å². The molecule has 100 valence electrons. The molecule has 0 radical (unpaired) electrons. The van der Waals surface area contributed by atoms with E-state index in [0.29, 0.717) is 5.56 Å². The maximum absolute atomic E-state index is 11.0. The summed E-state index contributed by atoms with van der Waals surface area (Å²) in [4.78, 5) is 17.8. The zero-order valence-electron chi connectivity index (χ0n) is 11.2. The zero-order chi connectivity index (χ0) is 14.0. The Kier molecular flexibility index (Phi) is 3.85. The van der Waals surface area contributed by atoms with Gasteiger partial charge in [-0.1, -0.05) is 0 Å². The predicted molar refractivity (Wildman–Crippen MR) is 78.6 cm³/mol. The Bertz CT molecular complexity index is 589. The fraction of sp³-hybridized carbons (Fsp3) is 0.286. The Morgan fingerprint density at radius 1 is 1.42 bits per heavy atom. The van der Waals surface area contributed by atoms with Gasteiger partial charge < -0.3 is 11.1 Å². The van der Waals surface area contributed by atoms with E-state index >= 15 is 0 Å². The first-order chi connectivity index (χ1) is 8.97. The number of amides is 1. The van der Waals surface area contributed by atoms with Gasteiger partial charge in [-0.05, 0) is 44.5 Å². The van der Waals surface area contributed by atoms with Crippen molar-refractivity contribution in [2.75, 3.05) is 5.32 Å². The minimum Gasteiger partial charge on any atom is -0.366 e. The van der Waals surface area contributed by atoms with Crippen molar-refractivity contribution in [3.05, 3.63) is 45.3 Å². The highest BCUT2D eigenvalue weighted by atomic mass is 32.1. The molecule has 2 aromatic rings. The summed E-state index contributed by atoms with van der Waals surface area (Å²) < 4.78 is 0.